The van der Waals surface area contributed by atoms with Gasteiger partial charge in [-0.2, -0.15) is 5.10 Å². The van der Waals surface area contributed by atoms with Crippen molar-refractivity contribution < 1.29 is 9.59 Å². The Labute approximate surface area is 147 Å². The first-order valence-corrected chi connectivity index (χ1v) is 9.19. The van der Waals surface area contributed by atoms with Crippen LogP contribution in [0.5, 0.6) is 0 Å². The number of hydrogen-bond donors (Lipinski definition) is 1. The Morgan fingerprint density at radius 1 is 1.28 bits per heavy atom. The number of hydrogen-bond acceptors (Lipinski definition) is 4. The maximum atomic E-state index is 12.0. The van der Waals surface area contributed by atoms with Gasteiger partial charge >= 0.3 is 6.03 Å². The summed E-state index contributed by atoms with van der Waals surface area (Å²) in [4.78, 5) is 29.8. The van der Waals surface area contributed by atoms with E-state index in [1.165, 1.54) is 0 Å². The summed E-state index contributed by atoms with van der Waals surface area (Å²) < 4.78 is 1.97. The van der Waals surface area contributed by atoms with Crippen molar-refractivity contribution in [3.63, 3.8) is 0 Å². The van der Waals surface area contributed by atoms with Crippen molar-refractivity contribution in [1.29, 1.82) is 0 Å². The zero-order valence-electron chi connectivity index (χ0n) is 14.7. The zero-order valence-corrected chi connectivity index (χ0v) is 14.7. The highest BCUT2D eigenvalue weighted by molar-refractivity contribution is 5.93. The third-order valence-corrected chi connectivity index (χ3v) is 5.66. The molecule has 4 rings (SSSR count). The Bertz CT molecular complexity index is 653. The van der Waals surface area contributed by atoms with Crippen molar-refractivity contribution in [2.45, 2.75) is 37.8 Å². The second-order valence-electron chi connectivity index (χ2n) is 7.34. The minimum Gasteiger partial charge on any atom is -0.341 e. The Kier molecular flexibility index (Phi) is 4.37. The third-order valence-electron chi connectivity index (χ3n) is 5.66. The van der Waals surface area contributed by atoms with Gasteiger partial charge in [0.2, 0.25) is 5.91 Å². The van der Waals surface area contributed by atoms with Crippen LogP contribution in [0, 0.1) is 0 Å². The molecular formula is C17H26N6O2. The van der Waals surface area contributed by atoms with E-state index in [0.29, 0.717) is 31.6 Å². The fraction of sp³-hybridized carbons (Fsp3) is 0.706. The summed E-state index contributed by atoms with van der Waals surface area (Å²) in [6, 6.07) is 0.638. The van der Waals surface area contributed by atoms with E-state index in [2.05, 4.69) is 15.3 Å². The molecule has 3 aliphatic heterocycles. The lowest BCUT2D eigenvalue weighted by molar-refractivity contribution is -0.131. The predicted molar refractivity (Wildman–Crippen MR) is 93.5 cm³/mol. The number of carbonyl (C=O) groups is 2. The molecule has 1 atom stereocenters. The van der Waals surface area contributed by atoms with Crippen LogP contribution >= 0.6 is 0 Å². The number of nitrogens with one attached hydrogen (secondary N) is 1. The van der Waals surface area contributed by atoms with Crippen molar-refractivity contribution in [1.82, 2.24) is 24.9 Å². The summed E-state index contributed by atoms with van der Waals surface area (Å²) in [5, 5.41) is 7.25. The van der Waals surface area contributed by atoms with Gasteiger partial charge in [0, 0.05) is 58.4 Å². The first-order valence-electron chi connectivity index (χ1n) is 9.19. The van der Waals surface area contributed by atoms with Crippen LogP contribution in [-0.2, 0) is 4.79 Å². The van der Waals surface area contributed by atoms with Gasteiger partial charge in [-0.3, -0.25) is 19.3 Å². The van der Waals surface area contributed by atoms with Crippen molar-refractivity contribution in [2.24, 2.45) is 0 Å². The largest absolute Gasteiger partial charge is 0.341 e. The molecule has 0 aromatic carbocycles. The van der Waals surface area contributed by atoms with E-state index in [4.69, 9.17) is 0 Å². The third kappa shape index (κ3) is 3.22. The van der Waals surface area contributed by atoms with Crippen LogP contribution in [-0.4, -0.2) is 77.3 Å². The molecule has 1 N–H and O–H groups in total. The lowest BCUT2D eigenvalue weighted by atomic mass is 10.0. The van der Waals surface area contributed by atoms with Gasteiger partial charge in [-0.15, -0.1) is 0 Å². The molecule has 3 amide bonds. The van der Waals surface area contributed by atoms with Gasteiger partial charge in [0.15, 0.2) is 0 Å². The summed E-state index contributed by atoms with van der Waals surface area (Å²) in [6.45, 7) is 4.23. The van der Waals surface area contributed by atoms with E-state index in [9.17, 15) is 9.59 Å². The second-order valence-corrected chi connectivity index (χ2v) is 7.34. The minimum absolute atomic E-state index is 0.0455. The van der Waals surface area contributed by atoms with E-state index < -0.39 is 0 Å². The SMILES string of the molecule is CN1C(=O)CCCCC1CN1CC(n2cc(N3CCNC3=O)cn2)C1. The normalized spacial score (nSPS) is 25.9. The Morgan fingerprint density at radius 2 is 2.12 bits per heavy atom. The number of aromatic nitrogens is 2. The molecule has 136 valence electrons. The van der Waals surface area contributed by atoms with Gasteiger partial charge in [-0.1, -0.05) is 6.42 Å². The number of carbonyl (C=O) groups excluding carboxylic acids is 2. The quantitative estimate of drug-likeness (QED) is 0.870. The maximum absolute atomic E-state index is 12.0. The number of anilines is 1. The Hall–Kier alpha value is -2.09. The van der Waals surface area contributed by atoms with Crippen molar-refractivity contribution in [2.75, 3.05) is 44.7 Å². The van der Waals surface area contributed by atoms with Crippen LogP contribution < -0.4 is 10.2 Å². The second kappa shape index (κ2) is 6.67. The Morgan fingerprint density at radius 3 is 2.88 bits per heavy atom. The summed E-state index contributed by atoms with van der Waals surface area (Å²) in [5.74, 6) is 0.278. The molecule has 1 aromatic rings. The van der Waals surface area contributed by atoms with Gasteiger partial charge < -0.3 is 10.2 Å². The molecule has 4 heterocycles. The van der Waals surface area contributed by atoms with Gasteiger partial charge in [-0.05, 0) is 12.8 Å². The molecule has 8 nitrogen and oxygen atoms in total. The summed E-state index contributed by atoms with van der Waals surface area (Å²) in [5.41, 5.74) is 0.863. The van der Waals surface area contributed by atoms with Gasteiger partial charge in [0.25, 0.3) is 0 Å². The first kappa shape index (κ1) is 16.4. The minimum atomic E-state index is -0.0455. The smallest absolute Gasteiger partial charge is 0.322 e. The van der Waals surface area contributed by atoms with Crippen molar-refractivity contribution >= 4 is 17.6 Å². The molecular weight excluding hydrogens is 320 g/mol. The molecule has 0 bridgehead atoms. The monoisotopic (exact) mass is 346 g/mol. The molecule has 25 heavy (non-hydrogen) atoms. The number of urea groups is 1. The molecule has 3 aliphatic rings. The molecule has 0 spiro atoms. The lowest BCUT2D eigenvalue weighted by Gasteiger charge is -2.42. The highest BCUT2D eigenvalue weighted by Crippen LogP contribution is 2.26. The standard InChI is InChI=1S/C17H26N6O2/c1-20-13(4-2-3-5-16(20)24)9-21-10-15(11-21)23-12-14(8-19-23)22-7-6-18-17(22)25/h8,12-13,15H,2-7,9-11H2,1H3,(H,18,25). The average Bonchev–Trinajstić information content (AvgIpc) is 3.16. The van der Waals surface area contributed by atoms with Crippen molar-refractivity contribution in [3.8, 4) is 0 Å². The number of amides is 3. The fourth-order valence-corrected chi connectivity index (χ4v) is 3.99. The van der Waals surface area contributed by atoms with Crippen LogP contribution in [0.3, 0.4) is 0 Å². The molecule has 0 radical (unpaired) electrons. The molecule has 3 saturated heterocycles. The van der Waals surface area contributed by atoms with E-state index in [1.807, 2.05) is 22.8 Å². The van der Waals surface area contributed by atoms with Crippen LogP contribution in [0.25, 0.3) is 0 Å². The van der Waals surface area contributed by atoms with Crippen LogP contribution in [0.15, 0.2) is 12.4 Å². The zero-order chi connectivity index (χ0) is 17.4. The van der Waals surface area contributed by atoms with E-state index >= 15 is 0 Å². The van der Waals surface area contributed by atoms with Gasteiger partial charge in [0.1, 0.15) is 0 Å². The summed E-state index contributed by atoms with van der Waals surface area (Å²) in [7, 11) is 1.94. The molecule has 3 fully saturated rings. The number of likely N-dealkylation sites (N-methyl/N-ethyl adjacent to an activating group) is 1. The highest BCUT2D eigenvalue weighted by Gasteiger charge is 2.33. The highest BCUT2D eigenvalue weighted by atomic mass is 16.2. The van der Waals surface area contributed by atoms with E-state index in [-0.39, 0.29) is 11.9 Å². The topological polar surface area (TPSA) is 73.7 Å². The average molecular weight is 346 g/mol. The lowest BCUT2D eigenvalue weighted by Crippen LogP contribution is -2.53. The number of likely N-dealkylation sites (tertiary alicyclic amines) is 2. The van der Waals surface area contributed by atoms with Crippen LogP contribution in [0.2, 0.25) is 0 Å². The van der Waals surface area contributed by atoms with Gasteiger partial charge in [-0.25, -0.2) is 4.79 Å². The molecule has 1 unspecified atom stereocenters. The predicted octanol–water partition coefficient (Wildman–Crippen LogP) is 0.670. The number of nitrogens with zero attached hydrogens (tertiary/aromatic N) is 5. The van der Waals surface area contributed by atoms with Gasteiger partial charge in [0.05, 0.1) is 17.9 Å². The van der Waals surface area contributed by atoms with Crippen molar-refractivity contribution in [3.05, 3.63) is 12.4 Å². The van der Waals surface area contributed by atoms with Crippen LogP contribution in [0.1, 0.15) is 31.7 Å². The number of rotatable bonds is 4. The molecule has 8 heteroatoms. The van der Waals surface area contributed by atoms with Crippen LogP contribution in [0.4, 0.5) is 10.5 Å². The molecule has 1 aromatic heterocycles. The molecule has 0 saturated carbocycles. The van der Waals surface area contributed by atoms with E-state index in [1.54, 1.807) is 11.1 Å². The molecule has 0 aliphatic carbocycles. The summed E-state index contributed by atoms with van der Waals surface area (Å²) >= 11 is 0. The Balaban J connectivity index is 1.31. The fourth-order valence-electron chi connectivity index (χ4n) is 3.99. The maximum Gasteiger partial charge on any atom is 0.322 e. The van der Waals surface area contributed by atoms with E-state index in [0.717, 1.165) is 44.6 Å². The summed E-state index contributed by atoms with van der Waals surface area (Å²) in [6.07, 6.45) is 7.68. The first-order chi connectivity index (χ1) is 12.1.